The van der Waals surface area contributed by atoms with E-state index in [0.29, 0.717) is 11.1 Å². The molecule has 1 heterocycles. The summed E-state index contributed by atoms with van der Waals surface area (Å²) >= 11 is 25.2. The molecule has 1 aliphatic heterocycles. The Morgan fingerprint density at radius 2 is 1.11 bits per heavy atom. The van der Waals surface area contributed by atoms with Gasteiger partial charge in [-0.05, 0) is 0 Å². The average molecular weight is 454 g/mol. The van der Waals surface area contributed by atoms with Gasteiger partial charge in [0.1, 0.15) is 0 Å². The molecule has 0 radical (unpaired) electrons. The fourth-order valence-electron chi connectivity index (χ4n) is 3.35. The monoisotopic (exact) mass is 452 g/mol. The number of ether oxygens (including phenoxy) is 1. The van der Waals surface area contributed by atoms with Crippen molar-refractivity contribution in [2.45, 2.75) is 5.60 Å². The molecule has 0 aromatic heterocycles. The molecule has 0 N–H and O–H groups in total. The highest BCUT2D eigenvalue weighted by Crippen LogP contribution is 2.55. The van der Waals surface area contributed by atoms with Gasteiger partial charge >= 0.3 is 5.97 Å². The number of rotatable bonds is 2. The minimum atomic E-state index is -1.55. The average Bonchev–Trinajstić information content (AvgIpc) is 3.00. The highest BCUT2D eigenvalue weighted by Gasteiger charge is 2.52. The third-order valence-electron chi connectivity index (χ3n) is 4.59. The van der Waals surface area contributed by atoms with Gasteiger partial charge in [-0.3, -0.25) is 0 Å². The van der Waals surface area contributed by atoms with Crippen molar-refractivity contribution in [3.05, 3.63) is 90.9 Å². The Morgan fingerprint density at radius 3 is 1.57 bits per heavy atom. The van der Waals surface area contributed by atoms with Crippen molar-refractivity contribution in [2.75, 3.05) is 0 Å². The molecule has 3 aromatic rings. The maximum Gasteiger partial charge on any atom is 0.341 e. The first-order valence-electron chi connectivity index (χ1n) is 7.92. The predicted octanol–water partition coefficient (Wildman–Crippen LogP) is 4.91. The Bertz CT molecular complexity index is 1060. The molecule has 0 bridgehead atoms. The van der Waals surface area contributed by atoms with Gasteiger partial charge in [-0.25, -0.2) is 4.79 Å². The molecule has 4 nitrogen and oxygen atoms in total. The van der Waals surface area contributed by atoms with Crippen molar-refractivity contribution in [3.63, 3.8) is 0 Å². The summed E-state index contributed by atoms with van der Waals surface area (Å²) < 4.78 is 5.81. The summed E-state index contributed by atoms with van der Waals surface area (Å²) in [5.74, 6) is -1.20. The lowest BCUT2D eigenvalue weighted by molar-refractivity contribution is -0.268. The van der Waals surface area contributed by atoms with Crippen LogP contribution in [0.4, 0.5) is 0 Å². The number of benzene rings is 3. The molecule has 3 aromatic carbocycles. The molecule has 0 saturated heterocycles. The molecular formula is C20H8Cl4O4-2. The maximum atomic E-state index is 12.8. The molecule has 0 atom stereocenters. The van der Waals surface area contributed by atoms with Crippen molar-refractivity contribution in [3.8, 4) is 11.5 Å². The van der Waals surface area contributed by atoms with Crippen LogP contribution in [-0.2, 0) is 10.3 Å². The van der Waals surface area contributed by atoms with Gasteiger partial charge < -0.3 is 14.9 Å². The van der Waals surface area contributed by atoms with Crippen LogP contribution in [-0.4, -0.2) is 5.97 Å². The normalized spacial score (nSPS) is 14.6. The van der Waals surface area contributed by atoms with Crippen LogP contribution in [0.5, 0.6) is 11.5 Å². The zero-order chi connectivity index (χ0) is 20.2. The Morgan fingerprint density at radius 1 is 0.679 bits per heavy atom. The van der Waals surface area contributed by atoms with Crippen molar-refractivity contribution in [1.29, 1.82) is 0 Å². The molecule has 28 heavy (non-hydrogen) atoms. The quantitative estimate of drug-likeness (QED) is 0.314. The third-order valence-corrected chi connectivity index (χ3v) is 6.39. The first kappa shape index (κ1) is 19.2. The van der Waals surface area contributed by atoms with Crippen molar-refractivity contribution >= 4 is 52.4 Å². The van der Waals surface area contributed by atoms with Gasteiger partial charge in [0.2, 0.25) is 0 Å². The number of cyclic esters (lactones) is 1. The first-order chi connectivity index (χ1) is 13.3. The lowest BCUT2D eigenvalue weighted by Crippen LogP contribution is -2.30. The smallest absolute Gasteiger partial charge is 0.341 e. The fourth-order valence-corrected chi connectivity index (χ4v) is 4.41. The Kier molecular flexibility index (Phi) is 4.63. The number of fused-ring (bicyclic) bond motifs is 1. The number of carbonyl (C=O) groups is 1. The van der Waals surface area contributed by atoms with Crippen LogP contribution in [0.3, 0.4) is 0 Å². The van der Waals surface area contributed by atoms with E-state index in [9.17, 15) is 15.0 Å². The van der Waals surface area contributed by atoms with Crippen LogP contribution in [0.15, 0.2) is 48.5 Å². The highest BCUT2D eigenvalue weighted by molar-refractivity contribution is 6.53. The van der Waals surface area contributed by atoms with E-state index < -0.39 is 11.6 Å². The van der Waals surface area contributed by atoms with Crippen LogP contribution in [0.25, 0.3) is 0 Å². The van der Waals surface area contributed by atoms with E-state index in [-0.39, 0.29) is 42.7 Å². The molecule has 0 aliphatic carbocycles. The summed E-state index contributed by atoms with van der Waals surface area (Å²) in [6.07, 6.45) is 0. The summed E-state index contributed by atoms with van der Waals surface area (Å²) in [5.41, 5.74) is -0.485. The lowest BCUT2D eigenvalue weighted by atomic mass is 9.79. The second-order valence-electron chi connectivity index (χ2n) is 6.13. The summed E-state index contributed by atoms with van der Waals surface area (Å²) in [6.45, 7) is 0. The number of halogens is 4. The second-order valence-corrected chi connectivity index (χ2v) is 7.64. The van der Waals surface area contributed by atoms with E-state index in [2.05, 4.69) is 0 Å². The fraction of sp³-hybridized carbons (Fsp3) is 0.0500. The molecule has 0 spiro atoms. The van der Waals surface area contributed by atoms with Gasteiger partial charge in [0, 0.05) is 16.7 Å². The minimum absolute atomic E-state index is 0.00526. The second kappa shape index (κ2) is 6.75. The van der Waals surface area contributed by atoms with Crippen LogP contribution < -0.4 is 10.2 Å². The Hall–Kier alpha value is -2.11. The summed E-state index contributed by atoms with van der Waals surface area (Å²) in [7, 11) is 0. The van der Waals surface area contributed by atoms with Gasteiger partial charge in [-0.2, -0.15) is 0 Å². The SMILES string of the molecule is O=C1OC(c2ccc([O-])cc2)(c2ccc([O-])cc2)c2c(Cl)c(Cl)c(Cl)c(Cl)c21. The third kappa shape index (κ3) is 2.64. The van der Waals surface area contributed by atoms with Gasteiger partial charge in [0.25, 0.3) is 0 Å². The molecule has 142 valence electrons. The van der Waals surface area contributed by atoms with E-state index in [0.717, 1.165) is 0 Å². The molecule has 4 rings (SSSR count). The van der Waals surface area contributed by atoms with E-state index in [1.807, 2.05) is 0 Å². The van der Waals surface area contributed by atoms with Crippen molar-refractivity contribution in [2.24, 2.45) is 0 Å². The van der Waals surface area contributed by atoms with Gasteiger partial charge in [-0.1, -0.05) is 94.9 Å². The number of hydrogen-bond donors (Lipinski definition) is 0. The number of carbonyl (C=O) groups excluding carboxylic acids is 1. The highest BCUT2D eigenvalue weighted by atomic mass is 35.5. The molecule has 0 amide bonds. The lowest BCUT2D eigenvalue weighted by Gasteiger charge is -2.32. The van der Waals surface area contributed by atoms with Gasteiger partial charge in [0.15, 0.2) is 5.60 Å². The van der Waals surface area contributed by atoms with Crippen LogP contribution in [0, 0.1) is 0 Å². The summed E-state index contributed by atoms with van der Waals surface area (Å²) in [5, 5.41) is 23.0. The van der Waals surface area contributed by atoms with Crippen LogP contribution in [0.2, 0.25) is 20.1 Å². The van der Waals surface area contributed by atoms with E-state index in [1.165, 1.54) is 48.5 Å². The standard InChI is InChI=1S/C20H10Cl4O4/c21-15-13-14(16(22)18(24)17(15)23)20(28-19(13)27,9-1-5-11(25)6-2-9)10-3-7-12(26)8-4-10/h1-8,25-26H/p-2. The van der Waals surface area contributed by atoms with Gasteiger partial charge in [-0.15, -0.1) is 11.5 Å². The predicted molar refractivity (Wildman–Crippen MR) is 104 cm³/mol. The Labute approximate surface area is 179 Å². The summed E-state index contributed by atoms with van der Waals surface area (Å²) in [4.78, 5) is 12.8. The van der Waals surface area contributed by atoms with Crippen molar-refractivity contribution < 1.29 is 19.7 Å². The minimum Gasteiger partial charge on any atom is -0.872 e. The molecule has 0 unspecified atom stereocenters. The van der Waals surface area contributed by atoms with Gasteiger partial charge in [0.05, 0.1) is 25.7 Å². The molecule has 0 fully saturated rings. The molecule has 1 aliphatic rings. The Balaban J connectivity index is 2.15. The van der Waals surface area contributed by atoms with Crippen molar-refractivity contribution in [1.82, 2.24) is 0 Å². The van der Waals surface area contributed by atoms with Crippen LogP contribution in [0.1, 0.15) is 27.0 Å². The zero-order valence-electron chi connectivity index (χ0n) is 13.8. The number of esters is 1. The summed E-state index contributed by atoms with van der Waals surface area (Å²) in [6, 6.07) is 11.4. The topological polar surface area (TPSA) is 72.4 Å². The first-order valence-corrected chi connectivity index (χ1v) is 9.43. The zero-order valence-corrected chi connectivity index (χ0v) is 16.8. The molecule has 0 saturated carbocycles. The number of hydrogen-bond acceptors (Lipinski definition) is 4. The largest absolute Gasteiger partial charge is 0.872 e. The molecule has 8 heteroatoms. The van der Waals surface area contributed by atoms with Crippen LogP contribution >= 0.6 is 46.4 Å². The maximum absolute atomic E-state index is 12.8. The van der Waals surface area contributed by atoms with E-state index in [1.54, 1.807) is 0 Å². The van der Waals surface area contributed by atoms with E-state index in [4.69, 9.17) is 51.1 Å². The van der Waals surface area contributed by atoms with E-state index >= 15 is 0 Å². The molecular weight excluding hydrogens is 446 g/mol.